The molecule has 1 unspecified atom stereocenters. The molecule has 0 amide bonds. The van der Waals surface area contributed by atoms with Gasteiger partial charge >= 0.3 is 0 Å². The van der Waals surface area contributed by atoms with Crippen molar-refractivity contribution in [2.75, 3.05) is 7.11 Å². The molecule has 1 aliphatic rings. The molecule has 0 aliphatic heterocycles. The molecule has 0 aromatic heterocycles. The molecule has 18 heavy (non-hydrogen) atoms. The molecule has 0 heterocycles. The summed E-state index contributed by atoms with van der Waals surface area (Å²) in [7, 11) is 1.66. The Morgan fingerprint density at radius 3 is 2.89 bits per heavy atom. The first-order chi connectivity index (χ1) is 8.58. The molecular weight excluding hydrogens is 224 g/mol. The number of fused-ring (bicyclic) bond motifs is 1. The first-order valence-corrected chi connectivity index (χ1v) is 6.41. The van der Waals surface area contributed by atoms with E-state index in [0.29, 0.717) is 5.92 Å². The van der Waals surface area contributed by atoms with E-state index in [1.54, 1.807) is 7.11 Å². The highest BCUT2D eigenvalue weighted by Crippen LogP contribution is 2.39. The molecule has 0 bridgehead atoms. The summed E-state index contributed by atoms with van der Waals surface area (Å²) in [6.45, 7) is 4.32. The standard InChI is InChI=1S/C15H20N2O/c1-15(2,17-18-3)14-6-4-5-12-9-11(10-16)7-8-13(12)14/h7-9,14,17H,4-6H2,1-3H3. The topological polar surface area (TPSA) is 45.0 Å². The third-order valence-electron chi connectivity index (χ3n) is 3.82. The molecule has 96 valence electrons. The number of benzene rings is 1. The monoisotopic (exact) mass is 244 g/mol. The van der Waals surface area contributed by atoms with Gasteiger partial charge in [0.25, 0.3) is 0 Å². The zero-order valence-corrected chi connectivity index (χ0v) is 11.3. The van der Waals surface area contributed by atoms with Crippen molar-refractivity contribution in [3.8, 4) is 6.07 Å². The van der Waals surface area contributed by atoms with E-state index < -0.39 is 0 Å². The van der Waals surface area contributed by atoms with E-state index in [-0.39, 0.29) is 5.54 Å². The molecule has 1 aliphatic carbocycles. The van der Waals surface area contributed by atoms with Crippen LogP contribution in [0.25, 0.3) is 0 Å². The molecule has 0 spiro atoms. The van der Waals surface area contributed by atoms with Crippen molar-refractivity contribution in [3.63, 3.8) is 0 Å². The van der Waals surface area contributed by atoms with Gasteiger partial charge in [-0.1, -0.05) is 6.07 Å². The molecule has 3 nitrogen and oxygen atoms in total. The summed E-state index contributed by atoms with van der Waals surface area (Å²) < 4.78 is 0. The van der Waals surface area contributed by atoms with Gasteiger partial charge in [0.15, 0.2) is 0 Å². The lowest BCUT2D eigenvalue weighted by Gasteiger charge is -2.38. The van der Waals surface area contributed by atoms with Crippen LogP contribution in [-0.4, -0.2) is 12.6 Å². The number of nitrogens with one attached hydrogen (secondary N) is 1. The van der Waals surface area contributed by atoms with Crippen molar-refractivity contribution < 1.29 is 4.84 Å². The summed E-state index contributed by atoms with van der Waals surface area (Å²) in [5.41, 5.74) is 6.43. The van der Waals surface area contributed by atoms with Crippen LogP contribution >= 0.6 is 0 Å². The third-order valence-corrected chi connectivity index (χ3v) is 3.82. The van der Waals surface area contributed by atoms with Gasteiger partial charge in [-0.05, 0) is 56.4 Å². The Kier molecular flexibility index (Phi) is 3.70. The van der Waals surface area contributed by atoms with Crippen LogP contribution in [0.3, 0.4) is 0 Å². The van der Waals surface area contributed by atoms with Gasteiger partial charge in [-0.2, -0.15) is 10.7 Å². The largest absolute Gasteiger partial charge is 0.305 e. The third kappa shape index (κ3) is 2.40. The highest BCUT2D eigenvalue weighted by Gasteiger charge is 2.34. The normalized spacial score (nSPS) is 19.1. The molecule has 0 fully saturated rings. The molecular formula is C15H20N2O. The van der Waals surface area contributed by atoms with Crippen LogP contribution in [0.4, 0.5) is 0 Å². The number of rotatable bonds is 3. The summed E-state index contributed by atoms with van der Waals surface area (Å²) >= 11 is 0. The average Bonchev–Trinajstić information content (AvgIpc) is 2.37. The van der Waals surface area contributed by atoms with Crippen molar-refractivity contribution in [1.29, 1.82) is 5.26 Å². The van der Waals surface area contributed by atoms with Crippen LogP contribution in [0.1, 0.15) is 49.3 Å². The van der Waals surface area contributed by atoms with Gasteiger partial charge in [-0.3, -0.25) is 0 Å². The zero-order valence-electron chi connectivity index (χ0n) is 11.3. The molecule has 0 radical (unpaired) electrons. The molecule has 3 heteroatoms. The molecule has 0 saturated carbocycles. The number of nitriles is 1. The lowest BCUT2D eigenvalue weighted by Crippen LogP contribution is -2.45. The summed E-state index contributed by atoms with van der Waals surface area (Å²) in [6, 6.07) is 8.27. The van der Waals surface area contributed by atoms with Gasteiger partial charge in [-0.25, -0.2) is 0 Å². The fraction of sp³-hybridized carbons (Fsp3) is 0.533. The van der Waals surface area contributed by atoms with Crippen LogP contribution in [0.2, 0.25) is 0 Å². The Hall–Kier alpha value is -1.37. The van der Waals surface area contributed by atoms with E-state index in [0.717, 1.165) is 18.4 Å². The number of nitrogens with zero attached hydrogens (tertiary/aromatic N) is 1. The van der Waals surface area contributed by atoms with Crippen molar-refractivity contribution in [3.05, 3.63) is 34.9 Å². The maximum atomic E-state index is 8.97. The number of hydrogen-bond donors (Lipinski definition) is 1. The van der Waals surface area contributed by atoms with E-state index in [1.165, 1.54) is 17.5 Å². The molecule has 1 atom stereocenters. The summed E-state index contributed by atoms with van der Waals surface area (Å²) in [6.07, 6.45) is 3.40. The molecule has 1 aromatic rings. The summed E-state index contributed by atoms with van der Waals surface area (Å²) in [5, 5.41) is 8.97. The second kappa shape index (κ2) is 5.09. The molecule has 1 N–H and O–H groups in total. The number of aryl methyl sites for hydroxylation is 1. The van der Waals surface area contributed by atoms with Crippen LogP contribution in [-0.2, 0) is 11.3 Å². The molecule has 2 rings (SSSR count). The van der Waals surface area contributed by atoms with Crippen LogP contribution in [0.15, 0.2) is 18.2 Å². The minimum atomic E-state index is -0.0991. The Bertz CT molecular complexity index is 474. The van der Waals surface area contributed by atoms with Gasteiger partial charge in [0.05, 0.1) is 18.7 Å². The smallest absolute Gasteiger partial charge is 0.0991 e. The first-order valence-electron chi connectivity index (χ1n) is 6.41. The quantitative estimate of drug-likeness (QED) is 0.831. The van der Waals surface area contributed by atoms with Crippen molar-refractivity contribution in [1.82, 2.24) is 5.48 Å². The Morgan fingerprint density at radius 2 is 2.22 bits per heavy atom. The highest BCUT2D eigenvalue weighted by atomic mass is 16.6. The summed E-state index contributed by atoms with van der Waals surface area (Å²) in [4.78, 5) is 5.12. The lowest BCUT2D eigenvalue weighted by molar-refractivity contribution is 0.0128. The van der Waals surface area contributed by atoms with Crippen molar-refractivity contribution in [2.45, 2.75) is 44.6 Å². The highest BCUT2D eigenvalue weighted by molar-refractivity contribution is 5.42. The number of hydroxylamine groups is 1. The van der Waals surface area contributed by atoms with Gasteiger partial charge in [-0.15, -0.1) is 0 Å². The SMILES string of the molecule is CONC(C)(C)C1CCCc2cc(C#N)ccc21. The average molecular weight is 244 g/mol. The fourth-order valence-electron chi connectivity index (χ4n) is 2.97. The van der Waals surface area contributed by atoms with E-state index in [9.17, 15) is 0 Å². The molecule has 1 aromatic carbocycles. The van der Waals surface area contributed by atoms with Gasteiger partial charge in [0.1, 0.15) is 0 Å². The molecule has 0 saturated heterocycles. The maximum Gasteiger partial charge on any atom is 0.0991 e. The number of hydrogen-bond acceptors (Lipinski definition) is 3. The Labute approximate surface area is 109 Å². The van der Waals surface area contributed by atoms with E-state index in [2.05, 4.69) is 31.5 Å². The van der Waals surface area contributed by atoms with Crippen LogP contribution in [0.5, 0.6) is 0 Å². The van der Waals surface area contributed by atoms with Crippen molar-refractivity contribution >= 4 is 0 Å². The Morgan fingerprint density at radius 1 is 1.44 bits per heavy atom. The van der Waals surface area contributed by atoms with Crippen LogP contribution < -0.4 is 5.48 Å². The minimum Gasteiger partial charge on any atom is -0.305 e. The second-order valence-corrected chi connectivity index (χ2v) is 5.50. The van der Waals surface area contributed by atoms with Crippen LogP contribution in [0, 0.1) is 11.3 Å². The Balaban J connectivity index is 2.37. The lowest BCUT2D eigenvalue weighted by atomic mass is 9.73. The second-order valence-electron chi connectivity index (χ2n) is 5.50. The van der Waals surface area contributed by atoms with Gasteiger partial charge in [0.2, 0.25) is 0 Å². The van der Waals surface area contributed by atoms with E-state index in [4.69, 9.17) is 10.1 Å². The van der Waals surface area contributed by atoms with Crippen molar-refractivity contribution in [2.24, 2.45) is 0 Å². The predicted molar refractivity (Wildman–Crippen MR) is 71.1 cm³/mol. The summed E-state index contributed by atoms with van der Waals surface area (Å²) in [5.74, 6) is 0.425. The predicted octanol–water partition coefficient (Wildman–Crippen LogP) is 2.91. The first kappa shape index (κ1) is 13.1. The fourth-order valence-corrected chi connectivity index (χ4v) is 2.97. The van der Waals surface area contributed by atoms with Gasteiger partial charge < -0.3 is 4.84 Å². The zero-order chi connectivity index (χ0) is 13.2. The van der Waals surface area contributed by atoms with Gasteiger partial charge in [0, 0.05) is 11.5 Å². The van der Waals surface area contributed by atoms with E-state index in [1.807, 2.05) is 12.1 Å². The maximum absolute atomic E-state index is 8.97. The minimum absolute atomic E-state index is 0.0991. The van der Waals surface area contributed by atoms with E-state index >= 15 is 0 Å².